The van der Waals surface area contributed by atoms with Crippen LogP contribution in [0.15, 0.2) is 24.4 Å². The normalized spacial score (nSPS) is 10.4. The molecule has 0 aliphatic carbocycles. The first kappa shape index (κ1) is 13.4. The number of carboxylic acid groups (broad SMARTS) is 1. The number of carbonyl (C=O) groups is 1. The molecule has 1 aromatic heterocycles. The van der Waals surface area contributed by atoms with Crippen molar-refractivity contribution in [3.8, 4) is 0 Å². The number of hydrogen-bond acceptors (Lipinski definition) is 4. The maximum Gasteiger partial charge on any atom is 0.358 e. The monoisotopic (exact) mass is 280 g/mol. The molecule has 0 fully saturated rings. The van der Waals surface area contributed by atoms with Gasteiger partial charge < -0.3 is 10.4 Å². The molecule has 0 amide bonds. The number of aromatic carboxylic acids is 1. The Balaban J connectivity index is 1.88. The Kier molecular flexibility index (Phi) is 4.01. The van der Waals surface area contributed by atoms with Gasteiger partial charge in [-0.1, -0.05) is 22.9 Å². The molecule has 100 valence electrons. The molecule has 0 spiro atoms. The first-order chi connectivity index (χ1) is 9.06. The lowest BCUT2D eigenvalue weighted by Crippen LogP contribution is -2.11. The van der Waals surface area contributed by atoms with Crippen LogP contribution in [0.4, 0.5) is 5.69 Å². The third-order valence-corrected chi connectivity index (χ3v) is 3.01. The van der Waals surface area contributed by atoms with Crippen molar-refractivity contribution < 1.29 is 9.90 Å². The molecule has 0 unspecified atom stereocenters. The fourth-order valence-corrected chi connectivity index (χ4v) is 1.70. The first-order valence-electron chi connectivity index (χ1n) is 5.70. The molecule has 1 heterocycles. The van der Waals surface area contributed by atoms with E-state index in [2.05, 4.69) is 15.6 Å². The highest BCUT2D eigenvalue weighted by Gasteiger charge is 2.07. The van der Waals surface area contributed by atoms with Gasteiger partial charge >= 0.3 is 5.97 Å². The molecule has 0 saturated carbocycles. The second-order valence-corrected chi connectivity index (χ2v) is 4.47. The van der Waals surface area contributed by atoms with Gasteiger partial charge in [-0.05, 0) is 24.6 Å². The van der Waals surface area contributed by atoms with E-state index < -0.39 is 5.97 Å². The zero-order chi connectivity index (χ0) is 13.8. The third kappa shape index (κ3) is 3.45. The molecular weight excluding hydrogens is 268 g/mol. The summed E-state index contributed by atoms with van der Waals surface area (Å²) in [5.41, 5.74) is 1.88. The number of carboxylic acids is 1. The van der Waals surface area contributed by atoms with Crippen molar-refractivity contribution in [2.24, 2.45) is 0 Å². The summed E-state index contributed by atoms with van der Waals surface area (Å²) >= 11 is 6.02. The SMILES string of the molecule is Cc1ccc(NCCn2cc(C(=O)O)nn2)cc1Cl. The smallest absolute Gasteiger partial charge is 0.358 e. The van der Waals surface area contributed by atoms with Crippen LogP contribution < -0.4 is 5.32 Å². The minimum atomic E-state index is -1.08. The van der Waals surface area contributed by atoms with Crippen molar-refractivity contribution in [1.82, 2.24) is 15.0 Å². The van der Waals surface area contributed by atoms with Gasteiger partial charge in [-0.2, -0.15) is 0 Å². The molecule has 0 aliphatic rings. The number of hydrogen-bond donors (Lipinski definition) is 2. The van der Waals surface area contributed by atoms with Crippen molar-refractivity contribution in [3.05, 3.63) is 40.7 Å². The maximum atomic E-state index is 10.6. The summed E-state index contributed by atoms with van der Waals surface area (Å²) in [5.74, 6) is -1.08. The summed E-state index contributed by atoms with van der Waals surface area (Å²) in [6.45, 7) is 3.06. The van der Waals surface area contributed by atoms with Gasteiger partial charge in [0.2, 0.25) is 0 Å². The van der Waals surface area contributed by atoms with Crippen LogP contribution in [-0.4, -0.2) is 32.6 Å². The number of aromatic nitrogens is 3. The summed E-state index contributed by atoms with van der Waals surface area (Å²) < 4.78 is 1.48. The molecule has 0 atom stereocenters. The Morgan fingerprint density at radius 2 is 2.32 bits per heavy atom. The van der Waals surface area contributed by atoms with E-state index in [1.807, 2.05) is 25.1 Å². The highest BCUT2D eigenvalue weighted by Crippen LogP contribution is 2.19. The van der Waals surface area contributed by atoms with Crippen LogP contribution in [-0.2, 0) is 6.54 Å². The molecule has 0 bridgehead atoms. The predicted molar refractivity (Wildman–Crippen MR) is 71.7 cm³/mol. The van der Waals surface area contributed by atoms with Crippen LogP contribution in [0, 0.1) is 6.92 Å². The number of aryl methyl sites for hydroxylation is 1. The number of nitrogens with one attached hydrogen (secondary N) is 1. The lowest BCUT2D eigenvalue weighted by atomic mass is 10.2. The number of halogens is 1. The van der Waals surface area contributed by atoms with Crippen LogP contribution in [0.2, 0.25) is 5.02 Å². The molecule has 0 saturated heterocycles. The summed E-state index contributed by atoms with van der Waals surface area (Å²) in [5, 5.41) is 19.9. The van der Waals surface area contributed by atoms with Gasteiger partial charge in [0.1, 0.15) is 0 Å². The zero-order valence-electron chi connectivity index (χ0n) is 10.3. The van der Waals surface area contributed by atoms with E-state index >= 15 is 0 Å². The van der Waals surface area contributed by atoms with Crippen molar-refractivity contribution in [2.45, 2.75) is 13.5 Å². The number of anilines is 1. The summed E-state index contributed by atoms with van der Waals surface area (Å²) in [6.07, 6.45) is 1.39. The second kappa shape index (κ2) is 5.71. The van der Waals surface area contributed by atoms with Crippen LogP contribution in [0.25, 0.3) is 0 Å². The Morgan fingerprint density at radius 3 is 2.95 bits per heavy atom. The molecule has 0 aliphatic heterocycles. The van der Waals surface area contributed by atoms with Crippen LogP contribution in [0.5, 0.6) is 0 Å². The first-order valence-corrected chi connectivity index (χ1v) is 6.07. The topological polar surface area (TPSA) is 80.0 Å². The average Bonchev–Trinajstić information content (AvgIpc) is 2.83. The van der Waals surface area contributed by atoms with Crippen LogP contribution >= 0.6 is 11.6 Å². The standard InChI is InChI=1S/C12H13ClN4O2/c1-8-2-3-9(6-10(8)13)14-4-5-17-7-11(12(18)19)15-16-17/h2-3,6-7,14H,4-5H2,1H3,(H,18,19). The molecular formula is C12H13ClN4O2. The molecule has 2 N–H and O–H groups in total. The van der Waals surface area contributed by atoms with Gasteiger partial charge in [0.15, 0.2) is 5.69 Å². The quantitative estimate of drug-likeness (QED) is 0.876. The molecule has 2 rings (SSSR count). The van der Waals surface area contributed by atoms with Crippen LogP contribution in [0.1, 0.15) is 16.1 Å². The van der Waals surface area contributed by atoms with E-state index in [1.165, 1.54) is 10.9 Å². The fraction of sp³-hybridized carbons (Fsp3) is 0.250. The highest BCUT2D eigenvalue weighted by atomic mass is 35.5. The molecule has 2 aromatic rings. The molecule has 19 heavy (non-hydrogen) atoms. The van der Waals surface area contributed by atoms with E-state index in [1.54, 1.807) is 0 Å². The molecule has 1 aromatic carbocycles. The Morgan fingerprint density at radius 1 is 1.53 bits per heavy atom. The highest BCUT2D eigenvalue weighted by molar-refractivity contribution is 6.31. The fourth-order valence-electron chi connectivity index (χ4n) is 1.52. The van der Waals surface area contributed by atoms with Crippen molar-refractivity contribution >= 4 is 23.3 Å². The van der Waals surface area contributed by atoms with E-state index in [-0.39, 0.29) is 5.69 Å². The Hall–Kier alpha value is -2.08. The van der Waals surface area contributed by atoms with Gasteiger partial charge in [0, 0.05) is 17.3 Å². The van der Waals surface area contributed by atoms with Gasteiger partial charge in [0.25, 0.3) is 0 Å². The molecule has 7 heteroatoms. The maximum absolute atomic E-state index is 10.6. The minimum absolute atomic E-state index is 0.0571. The Bertz CT molecular complexity index is 597. The largest absolute Gasteiger partial charge is 0.476 e. The zero-order valence-corrected chi connectivity index (χ0v) is 11.1. The average molecular weight is 281 g/mol. The lowest BCUT2D eigenvalue weighted by molar-refractivity contribution is 0.0690. The number of nitrogens with zero attached hydrogens (tertiary/aromatic N) is 3. The van der Waals surface area contributed by atoms with Crippen molar-refractivity contribution in [1.29, 1.82) is 0 Å². The minimum Gasteiger partial charge on any atom is -0.476 e. The summed E-state index contributed by atoms with van der Waals surface area (Å²) in [7, 11) is 0. The molecule has 0 radical (unpaired) electrons. The van der Waals surface area contributed by atoms with Gasteiger partial charge in [0.05, 0.1) is 12.7 Å². The third-order valence-electron chi connectivity index (χ3n) is 2.60. The number of benzene rings is 1. The van der Waals surface area contributed by atoms with E-state index in [9.17, 15) is 4.79 Å². The predicted octanol–water partition coefficient (Wildman–Crippen LogP) is 2.05. The van der Waals surface area contributed by atoms with Crippen molar-refractivity contribution in [2.75, 3.05) is 11.9 Å². The van der Waals surface area contributed by atoms with Gasteiger partial charge in [-0.3, -0.25) is 0 Å². The van der Waals surface area contributed by atoms with Crippen molar-refractivity contribution in [3.63, 3.8) is 0 Å². The second-order valence-electron chi connectivity index (χ2n) is 4.06. The Labute approximate surface area is 115 Å². The summed E-state index contributed by atoms with van der Waals surface area (Å²) in [6, 6.07) is 5.72. The van der Waals surface area contributed by atoms with E-state index in [0.29, 0.717) is 18.1 Å². The summed E-state index contributed by atoms with van der Waals surface area (Å²) in [4.78, 5) is 10.6. The number of rotatable bonds is 5. The lowest BCUT2D eigenvalue weighted by Gasteiger charge is -2.07. The van der Waals surface area contributed by atoms with Crippen LogP contribution in [0.3, 0.4) is 0 Å². The van der Waals surface area contributed by atoms with E-state index in [4.69, 9.17) is 16.7 Å². The van der Waals surface area contributed by atoms with E-state index in [0.717, 1.165) is 11.3 Å². The van der Waals surface area contributed by atoms with Gasteiger partial charge in [-0.15, -0.1) is 5.10 Å². The van der Waals surface area contributed by atoms with Gasteiger partial charge in [-0.25, -0.2) is 9.48 Å². The molecule has 6 nitrogen and oxygen atoms in total.